The molecule has 2 amide bonds. The molecule has 1 aromatic heterocycles. The summed E-state index contributed by atoms with van der Waals surface area (Å²) < 4.78 is 26.1. The van der Waals surface area contributed by atoms with Crippen molar-refractivity contribution in [3.05, 3.63) is 18.0 Å². The lowest BCUT2D eigenvalue weighted by Crippen LogP contribution is -2.62. The summed E-state index contributed by atoms with van der Waals surface area (Å²) in [5.74, 6) is -0.283. The third-order valence-electron chi connectivity index (χ3n) is 5.33. The quantitative estimate of drug-likeness (QED) is 0.736. The zero-order valence-electron chi connectivity index (χ0n) is 14.2. The topological polar surface area (TPSA) is 92.6 Å². The second kappa shape index (κ2) is 5.82. The monoisotopic (exact) mass is 366 g/mol. The fourth-order valence-electron chi connectivity index (χ4n) is 3.84. The Morgan fingerprint density at radius 2 is 1.80 bits per heavy atom. The van der Waals surface area contributed by atoms with Crippen molar-refractivity contribution in [2.45, 2.75) is 38.4 Å². The second-order valence-electron chi connectivity index (χ2n) is 7.07. The number of hydrogen-bond donors (Lipinski definition) is 0. The Kier molecular flexibility index (Phi) is 3.86. The number of nitrogens with zero attached hydrogens (tertiary/aromatic N) is 4. The predicted octanol–water partition coefficient (Wildman–Crippen LogP) is -0.237. The van der Waals surface area contributed by atoms with Crippen LogP contribution in [0.5, 0.6) is 0 Å². The zero-order valence-corrected chi connectivity index (χ0v) is 15.0. The minimum atomic E-state index is -3.26. The highest BCUT2D eigenvalue weighted by atomic mass is 32.2. The van der Waals surface area contributed by atoms with Gasteiger partial charge in [-0.15, -0.1) is 0 Å². The van der Waals surface area contributed by atoms with Gasteiger partial charge in [-0.25, -0.2) is 8.42 Å². The van der Waals surface area contributed by atoms with Crippen LogP contribution < -0.4 is 0 Å². The second-order valence-corrected chi connectivity index (χ2v) is 9.23. The molecule has 1 saturated carbocycles. The van der Waals surface area contributed by atoms with Crippen LogP contribution >= 0.6 is 0 Å². The smallest absolute Gasteiger partial charge is 0.274 e. The van der Waals surface area contributed by atoms with Gasteiger partial charge in [0.25, 0.3) is 5.91 Å². The van der Waals surface area contributed by atoms with Crippen LogP contribution in [0.25, 0.3) is 0 Å². The molecule has 0 bridgehead atoms. The van der Waals surface area contributed by atoms with Gasteiger partial charge in [0, 0.05) is 31.7 Å². The van der Waals surface area contributed by atoms with Crippen LogP contribution in [0.15, 0.2) is 12.3 Å². The fraction of sp³-hybridized carbons (Fsp3) is 0.688. The number of aryl methyl sites for hydroxylation is 1. The van der Waals surface area contributed by atoms with Crippen LogP contribution in [0, 0.1) is 5.92 Å². The van der Waals surface area contributed by atoms with Crippen molar-refractivity contribution >= 4 is 21.7 Å². The van der Waals surface area contributed by atoms with Crippen molar-refractivity contribution in [2.75, 3.05) is 24.6 Å². The summed E-state index contributed by atoms with van der Waals surface area (Å²) >= 11 is 0. The summed E-state index contributed by atoms with van der Waals surface area (Å²) in [6, 6.07) is 0.760. The van der Waals surface area contributed by atoms with Gasteiger partial charge in [-0.3, -0.25) is 14.3 Å². The first kappa shape index (κ1) is 16.6. The Bertz CT molecular complexity index is 814. The molecule has 9 heteroatoms. The highest BCUT2D eigenvalue weighted by Crippen LogP contribution is 2.35. The maximum Gasteiger partial charge on any atom is 0.274 e. The minimum absolute atomic E-state index is 0.0476. The van der Waals surface area contributed by atoms with E-state index < -0.39 is 21.9 Å². The lowest BCUT2D eigenvalue weighted by atomic mass is 10.0. The summed E-state index contributed by atoms with van der Waals surface area (Å²) in [4.78, 5) is 28.7. The summed E-state index contributed by atoms with van der Waals surface area (Å²) in [7, 11) is -3.26. The summed E-state index contributed by atoms with van der Waals surface area (Å²) in [6.07, 6.45) is 3.51. The van der Waals surface area contributed by atoms with Crippen molar-refractivity contribution < 1.29 is 18.0 Å². The fourth-order valence-corrected chi connectivity index (χ4v) is 5.82. The maximum absolute atomic E-state index is 12.9. The Morgan fingerprint density at radius 3 is 2.40 bits per heavy atom. The van der Waals surface area contributed by atoms with Crippen molar-refractivity contribution in [3.8, 4) is 0 Å². The molecule has 1 aliphatic carbocycles. The third kappa shape index (κ3) is 2.94. The summed E-state index contributed by atoms with van der Waals surface area (Å²) in [5.41, 5.74) is 0.326. The molecule has 8 nitrogen and oxygen atoms in total. The number of hydrogen-bond acceptors (Lipinski definition) is 5. The van der Waals surface area contributed by atoms with E-state index in [9.17, 15) is 18.0 Å². The van der Waals surface area contributed by atoms with E-state index in [1.54, 1.807) is 26.7 Å². The highest BCUT2D eigenvalue weighted by Gasteiger charge is 2.51. The summed E-state index contributed by atoms with van der Waals surface area (Å²) in [5, 5.41) is 4.24. The van der Waals surface area contributed by atoms with E-state index in [2.05, 4.69) is 5.10 Å². The molecular weight excluding hydrogens is 344 g/mol. The average Bonchev–Trinajstić information content (AvgIpc) is 3.22. The Balaban J connectivity index is 1.60. The van der Waals surface area contributed by atoms with Crippen LogP contribution in [0.4, 0.5) is 0 Å². The molecule has 0 aromatic carbocycles. The predicted molar refractivity (Wildman–Crippen MR) is 89.6 cm³/mol. The molecule has 3 heterocycles. The molecule has 2 atom stereocenters. The van der Waals surface area contributed by atoms with Gasteiger partial charge < -0.3 is 9.80 Å². The molecule has 3 fully saturated rings. The molecule has 0 radical (unpaired) electrons. The molecule has 3 aliphatic rings. The first-order valence-corrected chi connectivity index (χ1v) is 10.6. The Hall–Kier alpha value is -1.90. The highest BCUT2D eigenvalue weighted by molar-refractivity contribution is 7.91. The van der Waals surface area contributed by atoms with E-state index in [0.29, 0.717) is 25.3 Å². The van der Waals surface area contributed by atoms with Crippen LogP contribution in [0.3, 0.4) is 0 Å². The third-order valence-corrected chi connectivity index (χ3v) is 7.03. The molecular formula is C16H22N4O4S. The van der Waals surface area contributed by atoms with Gasteiger partial charge in [0.15, 0.2) is 9.84 Å². The van der Waals surface area contributed by atoms with Gasteiger partial charge >= 0.3 is 0 Å². The van der Waals surface area contributed by atoms with Gasteiger partial charge in [-0.1, -0.05) is 0 Å². The largest absolute Gasteiger partial charge is 0.335 e. The standard InChI is InChI=1S/C16H22N4O4S/c1-2-18-6-5-12(17-18)16(22)20-8-7-19(15(21)11-3-4-11)13-9-25(23,24)10-14(13)20/h5-6,11,13-14H,2-4,7-10H2,1H3/t13-,14+/m1/s1. The molecule has 0 spiro atoms. The number of rotatable bonds is 3. The zero-order chi connectivity index (χ0) is 17.8. The lowest BCUT2D eigenvalue weighted by Gasteiger charge is -2.43. The molecule has 0 N–H and O–H groups in total. The number of fused-ring (bicyclic) bond motifs is 1. The van der Waals surface area contributed by atoms with E-state index in [1.807, 2.05) is 6.92 Å². The van der Waals surface area contributed by atoms with Crippen molar-refractivity contribution in [1.82, 2.24) is 19.6 Å². The number of sulfone groups is 1. The van der Waals surface area contributed by atoms with E-state index in [1.165, 1.54) is 0 Å². The van der Waals surface area contributed by atoms with Crippen LogP contribution in [-0.4, -0.2) is 76.5 Å². The molecule has 1 aromatic rings. The normalized spacial score (nSPS) is 28.0. The molecule has 4 rings (SSSR count). The van der Waals surface area contributed by atoms with Crippen molar-refractivity contribution in [2.24, 2.45) is 5.92 Å². The number of carbonyl (C=O) groups is 2. The van der Waals surface area contributed by atoms with Gasteiger partial charge in [-0.2, -0.15) is 5.10 Å². The van der Waals surface area contributed by atoms with E-state index >= 15 is 0 Å². The number of aromatic nitrogens is 2. The number of piperazine rings is 1. The van der Waals surface area contributed by atoms with E-state index in [4.69, 9.17) is 0 Å². The maximum atomic E-state index is 12.9. The lowest BCUT2D eigenvalue weighted by molar-refractivity contribution is -0.137. The van der Waals surface area contributed by atoms with Crippen molar-refractivity contribution in [3.63, 3.8) is 0 Å². The minimum Gasteiger partial charge on any atom is -0.335 e. The first-order valence-electron chi connectivity index (χ1n) is 8.75. The molecule has 25 heavy (non-hydrogen) atoms. The van der Waals surface area contributed by atoms with Gasteiger partial charge in [0.05, 0.1) is 23.6 Å². The van der Waals surface area contributed by atoms with Crippen LogP contribution in [-0.2, 0) is 21.2 Å². The van der Waals surface area contributed by atoms with E-state index in [-0.39, 0.29) is 29.2 Å². The van der Waals surface area contributed by atoms with Gasteiger partial charge in [0.2, 0.25) is 5.91 Å². The van der Waals surface area contributed by atoms with Crippen LogP contribution in [0.1, 0.15) is 30.3 Å². The van der Waals surface area contributed by atoms with Crippen molar-refractivity contribution in [1.29, 1.82) is 0 Å². The van der Waals surface area contributed by atoms with Crippen LogP contribution in [0.2, 0.25) is 0 Å². The Labute approximate surface area is 146 Å². The molecule has 2 aliphatic heterocycles. The Morgan fingerprint density at radius 1 is 1.16 bits per heavy atom. The summed E-state index contributed by atoms with van der Waals surface area (Å²) in [6.45, 7) is 3.35. The van der Waals surface area contributed by atoms with E-state index in [0.717, 1.165) is 12.8 Å². The average molecular weight is 366 g/mol. The molecule has 2 saturated heterocycles. The van der Waals surface area contributed by atoms with Gasteiger partial charge in [-0.05, 0) is 25.8 Å². The number of amides is 2. The first-order chi connectivity index (χ1) is 11.9. The SMILES string of the molecule is CCn1ccc(C(=O)N2CCN(C(=O)C3CC3)[C@@H]3CS(=O)(=O)C[C@@H]32)n1. The van der Waals surface area contributed by atoms with Gasteiger partial charge in [0.1, 0.15) is 5.69 Å². The number of carbonyl (C=O) groups excluding carboxylic acids is 2. The molecule has 0 unspecified atom stereocenters. The molecule has 136 valence electrons.